The van der Waals surface area contributed by atoms with Crippen LogP contribution in [0, 0.1) is 0 Å². The Bertz CT molecular complexity index is 631. The van der Waals surface area contributed by atoms with Crippen molar-refractivity contribution in [1.29, 1.82) is 0 Å². The number of halogens is 3. The van der Waals surface area contributed by atoms with Crippen LogP contribution in [0.3, 0.4) is 0 Å². The van der Waals surface area contributed by atoms with Crippen LogP contribution in [0.5, 0.6) is 0 Å². The Morgan fingerprint density at radius 2 is 2.15 bits per heavy atom. The summed E-state index contributed by atoms with van der Waals surface area (Å²) in [4.78, 5) is 0. The number of benzene rings is 1. The first-order chi connectivity index (χ1) is 9.47. The van der Waals surface area contributed by atoms with E-state index in [-0.39, 0.29) is 11.6 Å². The summed E-state index contributed by atoms with van der Waals surface area (Å²) in [6, 6.07) is 4.35. The average Bonchev–Trinajstić information content (AvgIpc) is 2.83. The lowest BCUT2D eigenvalue weighted by atomic mass is 9.85. The second-order valence-corrected chi connectivity index (χ2v) is 4.98. The standard InChI is InChI=1S/C14H14F3N3/c1-20-8-9(7-19-20)10-5-6-18-13-11(10)3-2-4-12(13)14(15,16)17/h2-4,7-8,10,18H,5-6H2,1H3. The molecule has 0 saturated heterocycles. The fourth-order valence-electron chi connectivity index (χ4n) is 2.76. The molecule has 2 aromatic rings. The van der Waals surface area contributed by atoms with Crippen LogP contribution in [-0.2, 0) is 13.2 Å². The van der Waals surface area contributed by atoms with Crippen molar-refractivity contribution in [2.75, 3.05) is 11.9 Å². The van der Waals surface area contributed by atoms with Crippen molar-refractivity contribution in [3.63, 3.8) is 0 Å². The number of rotatable bonds is 1. The van der Waals surface area contributed by atoms with E-state index < -0.39 is 11.7 Å². The molecule has 0 saturated carbocycles. The van der Waals surface area contributed by atoms with Crippen LogP contribution in [-0.4, -0.2) is 16.3 Å². The number of nitrogens with one attached hydrogen (secondary N) is 1. The van der Waals surface area contributed by atoms with Gasteiger partial charge in [-0.15, -0.1) is 0 Å². The van der Waals surface area contributed by atoms with Gasteiger partial charge in [-0.3, -0.25) is 4.68 Å². The van der Waals surface area contributed by atoms with Gasteiger partial charge in [-0.25, -0.2) is 0 Å². The van der Waals surface area contributed by atoms with Crippen LogP contribution < -0.4 is 5.32 Å². The number of alkyl halides is 3. The number of anilines is 1. The van der Waals surface area contributed by atoms with Crippen molar-refractivity contribution < 1.29 is 13.2 Å². The van der Waals surface area contributed by atoms with Crippen molar-refractivity contribution in [2.24, 2.45) is 7.05 Å². The summed E-state index contributed by atoms with van der Waals surface area (Å²) in [5.41, 5.74) is 1.26. The molecular formula is C14H14F3N3. The molecule has 0 aliphatic carbocycles. The van der Waals surface area contributed by atoms with E-state index in [1.165, 1.54) is 6.07 Å². The molecule has 1 N–H and O–H groups in total. The maximum absolute atomic E-state index is 13.1. The zero-order chi connectivity index (χ0) is 14.3. The summed E-state index contributed by atoms with van der Waals surface area (Å²) in [6.45, 7) is 0.527. The summed E-state index contributed by atoms with van der Waals surface area (Å²) in [6.07, 6.45) is 0.00916. The zero-order valence-corrected chi connectivity index (χ0v) is 10.9. The SMILES string of the molecule is Cn1cc(C2CCNc3c2cccc3C(F)(F)F)cn1. The van der Waals surface area contributed by atoms with Gasteiger partial charge in [0.25, 0.3) is 0 Å². The van der Waals surface area contributed by atoms with Crippen LogP contribution in [0.4, 0.5) is 18.9 Å². The van der Waals surface area contributed by atoms with Gasteiger partial charge in [-0.05, 0) is 23.6 Å². The molecule has 2 heterocycles. The third-order valence-corrected chi connectivity index (χ3v) is 3.64. The van der Waals surface area contributed by atoms with Crippen molar-refractivity contribution in [2.45, 2.75) is 18.5 Å². The summed E-state index contributed by atoms with van der Waals surface area (Å²) in [5, 5.41) is 7.01. The summed E-state index contributed by atoms with van der Waals surface area (Å²) in [7, 11) is 1.80. The molecule has 1 aliphatic rings. The quantitative estimate of drug-likeness (QED) is 0.868. The zero-order valence-electron chi connectivity index (χ0n) is 10.9. The molecular weight excluding hydrogens is 267 g/mol. The van der Waals surface area contributed by atoms with Crippen molar-refractivity contribution in [1.82, 2.24) is 9.78 Å². The number of nitrogens with zero attached hydrogens (tertiary/aromatic N) is 2. The molecule has 3 rings (SSSR count). The highest BCUT2D eigenvalue weighted by molar-refractivity contribution is 5.63. The molecule has 1 aromatic heterocycles. The number of hydrogen-bond donors (Lipinski definition) is 1. The van der Waals surface area contributed by atoms with Crippen molar-refractivity contribution in [3.8, 4) is 0 Å². The Labute approximate surface area is 114 Å². The Morgan fingerprint density at radius 3 is 2.80 bits per heavy atom. The summed E-state index contributed by atoms with van der Waals surface area (Å²) >= 11 is 0. The van der Waals surface area contributed by atoms with Crippen LogP contribution in [0.25, 0.3) is 0 Å². The van der Waals surface area contributed by atoms with E-state index in [0.717, 1.165) is 18.1 Å². The van der Waals surface area contributed by atoms with Gasteiger partial charge in [0.05, 0.1) is 17.4 Å². The van der Waals surface area contributed by atoms with Gasteiger partial charge in [0, 0.05) is 25.7 Å². The van der Waals surface area contributed by atoms with E-state index in [2.05, 4.69) is 10.4 Å². The fourth-order valence-corrected chi connectivity index (χ4v) is 2.76. The minimum absolute atomic E-state index is 0.0396. The second-order valence-electron chi connectivity index (χ2n) is 4.98. The highest BCUT2D eigenvalue weighted by atomic mass is 19.4. The smallest absolute Gasteiger partial charge is 0.384 e. The molecule has 0 fully saturated rings. The largest absolute Gasteiger partial charge is 0.418 e. The minimum Gasteiger partial charge on any atom is -0.384 e. The summed E-state index contributed by atoms with van der Waals surface area (Å²) < 4.78 is 40.8. The Hall–Kier alpha value is -1.98. The lowest BCUT2D eigenvalue weighted by Gasteiger charge is -2.28. The highest BCUT2D eigenvalue weighted by Crippen LogP contribution is 2.43. The first kappa shape index (κ1) is 13.0. The first-order valence-electron chi connectivity index (χ1n) is 6.39. The van der Waals surface area contributed by atoms with Crippen LogP contribution >= 0.6 is 0 Å². The van der Waals surface area contributed by atoms with Crippen LogP contribution in [0.15, 0.2) is 30.6 Å². The lowest BCUT2D eigenvalue weighted by molar-refractivity contribution is -0.137. The number of fused-ring (bicyclic) bond motifs is 1. The topological polar surface area (TPSA) is 29.9 Å². The van der Waals surface area contributed by atoms with E-state index >= 15 is 0 Å². The minimum atomic E-state index is -4.34. The van der Waals surface area contributed by atoms with Gasteiger partial charge in [-0.1, -0.05) is 12.1 Å². The predicted octanol–water partition coefficient (Wildman–Crippen LogP) is 3.39. The maximum Gasteiger partial charge on any atom is 0.418 e. The fraction of sp³-hybridized carbons (Fsp3) is 0.357. The Balaban J connectivity index is 2.10. The van der Waals surface area contributed by atoms with Crippen molar-refractivity contribution in [3.05, 3.63) is 47.3 Å². The van der Waals surface area contributed by atoms with Crippen LogP contribution in [0.1, 0.15) is 29.0 Å². The molecule has 1 unspecified atom stereocenters. The number of hydrogen-bond acceptors (Lipinski definition) is 2. The average molecular weight is 281 g/mol. The van der Waals surface area contributed by atoms with E-state index in [0.29, 0.717) is 12.1 Å². The van der Waals surface area contributed by atoms with E-state index in [1.54, 1.807) is 24.0 Å². The molecule has 0 spiro atoms. The first-order valence-corrected chi connectivity index (χ1v) is 6.39. The van der Waals surface area contributed by atoms with Gasteiger partial charge in [0.15, 0.2) is 0 Å². The second kappa shape index (κ2) is 4.54. The van der Waals surface area contributed by atoms with Crippen molar-refractivity contribution >= 4 is 5.69 Å². The third kappa shape index (κ3) is 2.15. The molecule has 6 heteroatoms. The van der Waals surface area contributed by atoms with Gasteiger partial charge < -0.3 is 5.32 Å². The van der Waals surface area contributed by atoms with E-state index in [9.17, 15) is 13.2 Å². The monoisotopic (exact) mass is 281 g/mol. The third-order valence-electron chi connectivity index (χ3n) is 3.64. The van der Waals surface area contributed by atoms with Crippen LogP contribution in [0.2, 0.25) is 0 Å². The van der Waals surface area contributed by atoms with Gasteiger partial charge >= 0.3 is 6.18 Å². The predicted molar refractivity (Wildman–Crippen MR) is 69.6 cm³/mol. The number of aromatic nitrogens is 2. The van der Waals surface area contributed by atoms with E-state index in [1.807, 2.05) is 6.20 Å². The molecule has 20 heavy (non-hydrogen) atoms. The Morgan fingerprint density at radius 1 is 1.35 bits per heavy atom. The summed E-state index contributed by atoms with van der Waals surface area (Å²) in [5.74, 6) is -0.0396. The normalized spacial score (nSPS) is 18.5. The van der Waals surface area contributed by atoms with Gasteiger partial charge in [-0.2, -0.15) is 18.3 Å². The molecule has 0 radical (unpaired) electrons. The molecule has 1 atom stereocenters. The molecule has 1 aliphatic heterocycles. The van der Waals surface area contributed by atoms with E-state index in [4.69, 9.17) is 0 Å². The number of para-hydroxylation sites is 1. The molecule has 0 bridgehead atoms. The molecule has 0 amide bonds. The number of aryl methyl sites for hydroxylation is 1. The Kier molecular flexibility index (Phi) is 2.96. The maximum atomic E-state index is 13.1. The molecule has 106 valence electrons. The van der Waals surface area contributed by atoms with Gasteiger partial charge in [0.2, 0.25) is 0 Å². The highest BCUT2D eigenvalue weighted by Gasteiger charge is 2.36. The molecule has 3 nitrogen and oxygen atoms in total. The van der Waals surface area contributed by atoms with Gasteiger partial charge in [0.1, 0.15) is 0 Å². The lowest BCUT2D eigenvalue weighted by Crippen LogP contribution is -2.21. The molecule has 1 aromatic carbocycles.